The van der Waals surface area contributed by atoms with Crippen molar-refractivity contribution in [2.24, 2.45) is 5.41 Å². The summed E-state index contributed by atoms with van der Waals surface area (Å²) in [6.45, 7) is 1.97. The number of ether oxygens (including phenoxy) is 3. The molecule has 0 radical (unpaired) electrons. The lowest BCUT2D eigenvalue weighted by Crippen LogP contribution is -2.31. The van der Waals surface area contributed by atoms with Crippen molar-refractivity contribution >= 4 is 17.9 Å². The van der Waals surface area contributed by atoms with Crippen LogP contribution in [0.15, 0.2) is 48.5 Å². The molecule has 1 fully saturated rings. The maximum absolute atomic E-state index is 12.8. The Balaban J connectivity index is 2.09. The third-order valence-electron chi connectivity index (χ3n) is 5.38. The third-order valence-corrected chi connectivity index (χ3v) is 5.38. The van der Waals surface area contributed by atoms with E-state index in [0.717, 1.165) is 16.7 Å². The maximum atomic E-state index is 12.8. The minimum Gasteiger partial charge on any atom is -0.468 e. The Labute approximate surface area is 163 Å². The lowest BCUT2D eigenvalue weighted by molar-refractivity contribution is -0.161. The van der Waals surface area contributed by atoms with E-state index in [1.165, 1.54) is 21.3 Å². The summed E-state index contributed by atoms with van der Waals surface area (Å²) in [6, 6.07) is 14.4. The fourth-order valence-corrected chi connectivity index (χ4v) is 3.95. The average molecular weight is 382 g/mol. The number of carbonyl (C=O) groups is 3. The van der Waals surface area contributed by atoms with Gasteiger partial charge in [0.2, 0.25) is 0 Å². The van der Waals surface area contributed by atoms with E-state index in [1.54, 1.807) is 24.3 Å². The van der Waals surface area contributed by atoms with Crippen molar-refractivity contribution < 1.29 is 28.6 Å². The van der Waals surface area contributed by atoms with Crippen LogP contribution < -0.4 is 0 Å². The van der Waals surface area contributed by atoms with Crippen LogP contribution in [-0.4, -0.2) is 39.2 Å². The van der Waals surface area contributed by atoms with E-state index < -0.39 is 35.2 Å². The smallest absolute Gasteiger partial charge is 0.337 e. The molecule has 0 aromatic heterocycles. The molecule has 2 aromatic rings. The molecule has 1 saturated carbocycles. The van der Waals surface area contributed by atoms with E-state index in [1.807, 2.05) is 31.2 Å². The van der Waals surface area contributed by atoms with E-state index >= 15 is 0 Å². The average Bonchev–Trinajstić information content (AvgIpc) is 3.43. The van der Waals surface area contributed by atoms with Crippen molar-refractivity contribution in [3.05, 3.63) is 70.8 Å². The van der Waals surface area contributed by atoms with Crippen molar-refractivity contribution in [2.75, 3.05) is 21.3 Å². The highest BCUT2D eigenvalue weighted by atomic mass is 16.5. The largest absolute Gasteiger partial charge is 0.468 e. The van der Waals surface area contributed by atoms with E-state index in [2.05, 4.69) is 0 Å². The van der Waals surface area contributed by atoms with Crippen LogP contribution in [0.1, 0.15) is 38.9 Å². The fraction of sp³-hybridized carbons (Fsp3) is 0.318. The second-order valence-electron chi connectivity index (χ2n) is 6.83. The summed E-state index contributed by atoms with van der Waals surface area (Å²) in [5.41, 5.74) is 1.61. The van der Waals surface area contributed by atoms with Crippen LogP contribution in [0.3, 0.4) is 0 Å². The quantitative estimate of drug-likeness (QED) is 0.449. The number of rotatable bonds is 5. The molecule has 0 N–H and O–H groups in total. The molecule has 1 aliphatic rings. The standard InChI is InChI=1S/C22H22O6/c1-13-5-7-14(8-6-13)17-18(22(17,20(24)27-3)21(25)28-4)15-9-11-16(12-10-15)19(23)26-2/h5-12,17-18H,1-4H3/t17?,18-/m1/s1. The fourth-order valence-electron chi connectivity index (χ4n) is 3.95. The van der Waals surface area contributed by atoms with Gasteiger partial charge in [-0.25, -0.2) is 4.79 Å². The molecule has 0 aliphatic heterocycles. The number of hydrogen-bond donors (Lipinski definition) is 0. The third kappa shape index (κ3) is 2.95. The van der Waals surface area contributed by atoms with Crippen LogP contribution in [0, 0.1) is 12.3 Å². The maximum Gasteiger partial charge on any atom is 0.337 e. The van der Waals surface area contributed by atoms with Gasteiger partial charge >= 0.3 is 17.9 Å². The number of benzene rings is 2. The predicted molar refractivity (Wildman–Crippen MR) is 101 cm³/mol. The first-order chi connectivity index (χ1) is 13.4. The first kappa shape index (κ1) is 19.6. The van der Waals surface area contributed by atoms with Gasteiger partial charge in [0.05, 0.1) is 26.9 Å². The van der Waals surface area contributed by atoms with Crippen molar-refractivity contribution in [3.8, 4) is 0 Å². The Hall–Kier alpha value is -3.15. The van der Waals surface area contributed by atoms with Gasteiger partial charge < -0.3 is 14.2 Å². The lowest BCUT2D eigenvalue weighted by Gasteiger charge is -2.13. The first-order valence-corrected chi connectivity index (χ1v) is 8.83. The Kier molecular flexibility index (Phi) is 5.23. The van der Waals surface area contributed by atoms with Crippen LogP contribution >= 0.6 is 0 Å². The topological polar surface area (TPSA) is 78.9 Å². The van der Waals surface area contributed by atoms with Gasteiger partial charge in [0.1, 0.15) is 0 Å². The zero-order chi connectivity index (χ0) is 20.5. The molecule has 3 rings (SSSR count). The second-order valence-corrected chi connectivity index (χ2v) is 6.83. The predicted octanol–water partition coefficient (Wildman–Crippen LogP) is 3.00. The molecule has 0 spiro atoms. The van der Waals surface area contributed by atoms with Crippen LogP contribution in [0.5, 0.6) is 0 Å². The molecule has 146 valence electrons. The normalized spacial score (nSPS) is 19.4. The molecule has 0 bridgehead atoms. The monoisotopic (exact) mass is 382 g/mol. The lowest BCUT2D eigenvalue weighted by atomic mass is 9.97. The van der Waals surface area contributed by atoms with Gasteiger partial charge in [-0.3, -0.25) is 9.59 Å². The van der Waals surface area contributed by atoms with Crippen molar-refractivity contribution in [1.82, 2.24) is 0 Å². The zero-order valence-electron chi connectivity index (χ0n) is 16.2. The molecule has 0 saturated heterocycles. The van der Waals surface area contributed by atoms with Gasteiger partial charge in [-0.05, 0) is 30.2 Å². The van der Waals surface area contributed by atoms with E-state index in [4.69, 9.17) is 14.2 Å². The van der Waals surface area contributed by atoms with E-state index in [0.29, 0.717) is 5.56 Å². The van der Waals surface area contributed by atoms with Crippen LogP contribution in [0.25, 0.3) is 0 Å². The summed E-state index contributed by atoms with van der Waals surface area (Å²) in [7, 11) is 3.83. The summed E-state index contributed by atoms with van der Waals surface area (Å²) in [5.74, 6) is -2.60. The van der Waals surface area contributed by atoms with Crippen LogP contribution in [0.4, 0.5) is 0 Å². The highest BCUT2D eigenvalue weighted by Gasteiger charge is 2.77. The minimum atomic E-state index is -1.45. The molecule has 2 aromatic carbocycles. The first-order valence-electron chi connectivity index (χ1n) is 8.83. The number of carbonyl (C=O) groups excluding carboxylic acids is 3. The van der Waals surface area contributed by atoms with Crippen molar-refractivity contribution in [3.63, 3.8) is 0 Å². The summed E-state index contributed by atoms with van der Waals surface area (Å²) in [5, 5.41) is 0. The Morgan fingerprint density at radius 3 is 1.54 bits per heavy atom. The summed E-state index contributed by atoms with van der Waals surface area (Å²) in [6.07, 6.45) is 0. The molecular weight excluding hydrogens is 360 g/mol. The van der Waals surface area contributed by atoms with Gasteiger partial charge in [-0.15, -0.1) is 0 Å². The number of methoxy groups -OCH3 is 3. The Morgan fingerprint density at radius 2 is 1.14 bits per heavy atom. The Bertz CT molecular complexity index is 882. The van der Waals surface area contributed by atoms with Crippen LogP contribution in [0.2, 0.25) is 0 Å². The Morgan fingerprint density at radius 1 is 0.714 bits per heavy atom. The highest BCUT2D eigenvalue weighted by Crippen LogP contribution is 2.71. The molecule has 6 heteroatoms. The molecule has 0 amide bonds. The molecule has 28 heavy (non-hydrogen) atoms. The summed E-state index contributed by atoms with van der Waals surface area (Å²) in [4.78, 5) is 37.2. The molecule has 6 nitrogen and oxygen atoms in total. The number of hydrogen-bond acceptors (Lipinski definition) is 6. The van der Waals surface area contributed by atoms with Crippen molar-refractivity contribution in [1.29, 1.82) is 0 Å². The second kappa shape index (κ2) is 7.46. The van der Waals surface area contributed by atoms with Crippen molar-refractivity contribution in [2.45, 2.75) is 18.8 Å². The van der Waals surface area contributed by atoms with E-state index in [-0.39, 0.29) is 0 Å². The van der Waals surface area contributed by atoms with E-state index in [9.17, 15) is 14.4 Å². The number of aryl methyl sites for hydroxylation is 1. The SMILES string of the molecule is COC(=O)c1ccc([C@@H]2C(c3ccc(C)cc3)C2(C(=O)OC)C(=O)OC)cc1. The summed E-state index contributed by atoms with van der Waals surface area (Å²) >= 11 is 0. The molecule has 1 unspecified atom stereocenters. The van der Waals surface area contributed by atoms with Gasteiger partial charge in [-0.1, -0.05) is 42.0 Å². The van der Waals surface area contributed by atoms with Gasteiger partial charge in [0, 0.05) is 11.8 Å². The van der Waals surface area contributed by atoms with Gasteiger partial charge in [-0.2, -0.15) is 0 Å². The minimum absolute atomic E-state index is 0.389. The highest BCUT2D eigenvalue weighted by molar-refractivity contribution is 6.07. The van der Waals surface area contributed by atoms with Gasteiger partial charge in [0.25, 0.3) is 0 Å². The molecule has 0 heterocycles. The molecular formula is C22H22O6. The molecule has 1 aliphatic carbocycles. The van der Waals surface area contributed by atoms with Gasteiger partial charge in [0.15, 0.2) is 5.41 Å². The zero-order valence-corrected chi connectivity index (χ0v) is 16.2. The van der Waals surface area contributed by atoms with Crippen LogP contribution in [-0.2, 0) is 23.8 Å². The number of esters is 3. The molecule has 2 atom stereocenters. The summed E-state index contributed by atoms with van der Waals surface area (Å²) < 4.78 is 14.7.